The van der Waals surface area contributed by atoms with E-state index in [0.29, 0.717) is 28.6 Å². The Morgan fingerprint density at radius 2 is 1.17 bits per heavy atom. The molecule has 14 heteroatoms. The first kappa shape index (κ1) is 39.0. The van der Waals surface area contributed by atoms with Gasteiger partial charge in [-0.1, -0.05) is 12.1 Å². The van der Waals surface area contributed by atoms with E-state index >= 15 is 0 Å². The van der Waals surface area contributed by atoms with Crippen LogP contribution in [0.5, 0.6) is 0 Å². The van der Waals surface area contributed by atoms with E-state index in [2.05, 4.69) is 46.4 Å². The number of piperazine rings is 2. The minimum absolute atomic E-state index is 0. The molecule has 0 bridgehead atoms. The molecule has 0 spiro atoms. The Morgan fingerprint density at radius 3 is 1.57 bits per heavy atom. The van der Waals surface area contributed by atoms with E-state index in [1.54, 1.807) is 43.8 Å². The van der Waals surface area contributed by atoms with E-state index < -0.39 is 5.60 Å². The molecular weight excluding hydrogens is 671 g/mol. The van der Waals surface area contributed by atoms with Crippen LogP contribution in [0.15, 0.2) is 73.3 Å². The van der Waals surface area contributed by atoms with Gasteiger partial charge in [0.05, 0.1) is 5.56 Å². The van der Waals surface area contributed by atoms with Gasteiger partial charge in [0.15, 0.2) is 5.78 Å². The SMILES string of the molecule is CC(=O)c1cnc(N2CCNCC2)nc1.CC(O)(c1ccc(F)cc1)c1cnc(N2CCNCC2)nc1.Fc1cc[c-]cc1.[Br-].[Mg+2]. The Morgan fingerprint density at radius 1 is 0.761 bits per heavy atom. The van der Waals surface area contributed by atoms with Crippen molar-refractivity contribution in [1.29, 1.82) is 0 Å². The van der Waals surface area contributed by atoms with E-state index in [0.717, 1.165) is 52.4 Å². The van der Waals surface area contributed by atoms with Crippen molar-refractivity contribution in [2.24, 2.45) is 0 Å². The van der Waals surface area contributed by atoms with E-state index in [9.17, 15) is 18.7 Å². The first-order chi connectivity index (χ1) is 21.2. The van der Waals surface area contributed by atoms with Gasteiger partial charge in [0.2, 0.25) is 11.9 Å². The van der Waals surface area contributed by atoms with Gasteiger partial charge in [-0.15, -0.1) is 12.1 Å². The Kier molecular flexibility index (Phi) is 16.5. The molecule has 2 fully saturated rings. The van der Waals surface area contributed by atoms with Crippen LogP contribution in [0.25, 0.3) is 0 Å². The van der Waals surface area contributed by atoms with Crippen molar-refractivity contribution >= 4 is 40.7 Å². The Balaban J connectivity index is 0.000000266. The van der Waals surface area contributed by atoms with E-state index in [1.807, 2.05) is 0 Å². The molecule has 0 saturated carbocycles. The topological polar surface area (TPSA) is 119 Å². The van der Waals surface area contributed by atoms with Crippen molar-refractivity contribution in [3.8, 4) is 0 Å². The summed E-state index contributed by atoms with van der Waals surface area (Å²) in [6.07, 6.45) is 6.45. The van der Waals surface area contributed by atoms with Crippen molar-refractivity contribution in [3.05, 3.63) is 108 Å². The van der Waals surface area contributed by atoms with Crippen LogP contribution < -0.4 is 37.4 Å². The quantitative estimate of drug-likeness (QED) is 0.144. The van der Waals surface area contributed by atoms with Gasteiger partial charge in [-0.05, 0) is 31.5 Å². The third kappa shape index (κ3) is 11.6. The first-order valence-corrected chi connectivity index (χ1v) is 14.4. The number of nitrogens with one attached hydrogen (secondary N) is 2. The number of anilines is 2. The van der Waals surface area contributed by atoms with E-state index in [4.69, 9.17) is 0 Å². The van der Waals surface area contributed by atoms with Crippen LogP contribution >= 0.6 is 0 Å². The normalized spacial score (nSPS) is 15.3. The number of nitrogens with zero attached hydrogens (tertiary/aromatic N) is 6. The van der Waals surface area contributed by atoms with Crippen LogP contribution in [0.1, 0.15) is 35.3 Å². The predicted molar refractivity (Wildman–Crippen MR) is 170 cm³/mol. The summed E-state index contributed by atoms with van der Waals surface area (Å²) in [6.45, 7) is 10.5. The number of Topliss-reactive ketones (excluding diaryl/α,β-unsaturated/α-hetero) is 1. The molecule has 0 amide bonds. The number of benzene rings is 2. The second kappa shape index (κ2) is 19.5. The molecule has 6 rings (SSSR count). The number of hydrogen-bond acceptors (Lipinski definition) is 10. The third-order valence-corrected chi connectivity index (χ3v) is 7.13. The molecule has 4 heterocycles. The number of carbonyl (C=O) groups excluding carboxylic acids is 1. The standard InChI is InChI=1S/C16H19FN4O.C10H14N4O.C6H4F.BrH.Mg/c1-16(22,12-2-4-14(17)5-3-12)13-10-19-15(20-11-13)21-8-6-18-7-9-21;1-8(15)9-6-12-10(13-7-9)14-4-2-11-3-5-14;7-6-4-2-1-3-5-6;;/h2-5,10-11,18,22H,6-9H2,1H3;6-7,11H,2-5H2,1H3;2-5H;1H;/q;;-1;;+2/p-1. The van der Waals surface area contributed by atoms with Crippen LogP contribution in [0.4, 0.5) is 20.7 Å². The maximum absolute atomic E-state index is 13.0. The molecule has 1 unspecified atom stereocenters. The molecule has 2 aliphatic heterocycles. The average Bonchev–Trinajstić information content (AvgIpc) is 3.07. The second-order valence-corrected chi connectivity index (χ2v) is 10.4. The molecule has 46 heavy (non-hydrogen) atoms. The fourth-order valence-electron chi connectivity index (χ4n) is 4.44. The Bertz CT molecular complexity index is 1440. The number of aromatic nitrogens is 4. The predicted octanol–water partition coefficient (Wildman–Crippen LogP) is -0.381. The first-order valence-electron chi connectivity index (χ1n) is 14.4. The smallest absolute Gasteiger partial charge is 1.00 e. The minimum Gasteiger partial charge on any atom is -1.00 e. The molecule has 4 aromatic rings. The maximum Gasteiger partial charge on any atom is 2.00 e. The van der Waals surface area contributed by atoms with Crippen LogP contribution in [0.2, 0.25) is 0 Å². The summed E-state index contributed by atoms with van der Waals surface area (Å²) in [4.78, 5) is 32.4. The van der Waals surface area contributed by atoms with Gasteiger partial charge >= 0.3 is 23.1 Å². The Hall–Kier alpha value is -3.14. The van der Waals surface area contributed by atoms with Gasteiger partial charge < -0.3 is 42.5 Å². The maximum atomic E-state index is 13.0. The third-order valence-electron chi connectivity index (χ3n) is 7.13. The largest absolute Gasteiger partial charge is 2.00 e. The summed E-state index contributed by atoms with van der Waals surface area (Å²) in [7, 11) is 0. The van der Waals surface area contributed by atoms with Gasteiger partial charge in [0.25, 0.3) is 0 Å². The number of carbonyl (C=O) groups is 1. The van der Waals surface area contributed by atoms with Crippen molar-refractivity contribution in [1.82, 2.24) is 30.6 Å². The van der Waals surface area contributed by atoms with Crippen molar-refractivity contribution < 1.29 is 35.7 Å². The fourth-order valence-corrected chi connectivity index (χ4v) is 4.44. The molecule has 10 nitrogen and oxygen atoms in total. The van der Waals surface area contributed by atoms with Crippen molar-refractivity contribution in [3.63, 3.8) is 0 Å². The van der Waals surface area contributed by atoms with Crippen LogP contribution in [-0.4, -0.2) is 106 Å². The molecule has 240 valence electrons. The molecule has 0 aliphatic carbocycles. The zero-order valence-electron chi connectivity index (χ0n) is 26.0. The molecular formula is C32H37BrF2MgN8O2. The second-order valence-electron chi connectivity index (χ2n) is 10.4. The van der Waals surface area contributed by atoms with E-state index in [-0.39, 0.29) is 57.5 Å². The zero-order chi connectivity index (χ0) is 31.4. The van der Waals surface area contributed by atoms with Gasteiger partial charge in [0, 0.05) is 88.5 Å². The fraction of sp³-hybridized carbons (Fsp3) is 0.344. The molecule has 1 atom stereocenters. The molecule has 2 aromatic heterocycles. The number of ketones is 1. The Labute approximate surface area is 295 Å². The monoisotopic (exact) mass is 706 g/mol. The van der Waals surface area contributed by atoms with Crippen LogP contribution in [-0.2, 0) is 5.60 Å². The number of aliphatic hydroxyl groups is 1. The van der Waals surface area contributed by atoms with Crippen molar-refractivity contribution in [2.45, 2.75) is 19.4 Å². The van der Waals surface area contributed by atoms with E-state index in [1.165, 1.54) is 43.3 Å². The molecule has 2 saturated heterocycles. The van der Waals surface area contributed by atoms with Gasteiger partial charge in [0.1, 0.15) is 11.4 Å². The van der Waals surface area contributed by atoms with Gasteiger partial charge in [-0.25, -0.2) is 28.7 Å². The summed E-state index contributed by atoms with van der Waals surface area (Å²) >= 11 is 0. The molecule has 0 radical (unpaired) electrons. The van der Waals surface area contributed by atoms with Crippen LogP contribution in [0, 0.1) is 17.7 Å². The zero-order valence-corrected chi connectivity index (χ0v) is 29.0. The molecule has 3 N–H and O–H groups in total. The number of halogens is 3. The summed E-state index contributed by atoms with van der Waals surface area (Å²) in [5, 5.41) is 17.3. The van der Waals surface area contributed by atoms with Gasteiger partial charge in [-0.2, -0.15) is 18.2 Å². The van der Waals surface area contributed by atoms with Crippen LogP contribution in [0.3, 0.4) is 0 Å². The molecule has 2 aromatic carbocycles. The van der Waals surface area contributed by atoms with Gasteiger partial charge in [-0.3, -0.25) is 4.79 Å². The summed E-state index contributed by atoms with van der Waals surface area (Å²) in [6, 6.07) is 14.3. The summed E-state index contributed by atoms with van der Waals surface area (Å²) in [5.41, 5.74) is 0.495. The summed E-state index contributed by atoms with van der Waals surface area (Å²) < 4.78 is 24.9. The number of rotatable bonds is 5. The molecule has 2 aliphatic rings. The number of hydrogen-bond donors (Lipinski definition) is 3. The average molecular weight is 708 g/mol. The minimum atomic E-state index is -1.25. The van der Waals surface area contributed by atoms with Crippen molar-refractivity contribution in [2.75, 3.05) is 62.2 Å². The summed E-state index contributed by atoms with van der Waals surface area (Å²) in [5.74, 6) is 0.840.